The highest BCUT2D eigenvalue weighted by Crippen LogP contribution is 2.17. The summed E-state index contributed by atoms with van der Waals surface area (Å²) in [5.74, 6) is -0.0665. The van der Waals surface area contributed by atoms with Crippen LogP contribution in [-0.4, -0.2) is 10.9 Å². The van der Waals surface area contributed by atoms with Crippen molar-refractivity contribution in [1.29, 1.82) is 0 Å². The van der Waals surface area contributed by atoms with Crippen LogP contribution in [0.5, 0.6) is 0 Å². The second kappa shape index (κ2) is 7.03. The summed E-state index contributed by atoms with van der Waals surface area (Å²) in [6.07, 6.45) is 7.68. The van der Waals surface area contributed by atoms with Crippen molar-refractivity contribution < 1.29 is 4.79 Å². The summed E-state index contributed by atoms with van der Waals surface area (Å²) in [6, 6.07) is 11.4. The molecule has 0 spiro atoms. The Balaban J connectivity index is 1.95. The molecule has 1 amide bonds. The Kier molecular flexibility index (Phi) is 5.10. The highest BCUT2D eigenvalue weighted by molar-refractivity contribution is 5.94. The number of nitrogens with zero attached hydrogens (tertiary/aromatic N) is 1. The molecule has 0 saturated heterocycles. The molecule has 2 rings (SSSR count). The SMILES string of the molecule is CC(C)(C)/C=C/c1ccc(C(=O)NCc2ccncc2)cc1. The van der Waals surface area contributed by atoms with Gasteiger partial charge in [0, 0.05) is 24.5 Å². The zero-order valence-corrected chi connectivity index (χ0v) is 13.3. The lowest BCUT2D eigenvalue weighted by Crippen LogP contribution is -2.22. The van der Waals surface area contributed by atoms with E-state index in [1.54, 1.807) is 12.4 Å². The van der Waals surface area contributed by atoms with Gasteiger partial charge in [-0.05, 0) is 40.8 Å². The summed E-state index contributed by atoms with van der Waals surface area (Å²) in [4.78, 5) is 16.1. The third-order valence-electron chi connectivity index (χ3n) is 3.15. The Labute approximate surface area is 132 Å². The average Bonchev–Trinajstić information content (AvgIpc) is 2.51. The van der Waals surface area contributed by atoms with Gasteiger partial charge in [0.05, 0.1) is 0 Å². The first-order chi connectivity index (χ1) is 10.4. The first-order valence-electron chi connectivity index (χ1n) is 7.40. The van der Waals surface area contributed by atoms with Crippen LogP contribution in [0.25, 0.3) is 6.08 Å². The van der Waals surface area contributed by atoms with Gasteiger partial charge in [-0.3, -0.25) is 9.78 Å². The molecule has 3 heteroatoms. The highest BCUT2D eigenvalue weighted by Gasteiger charge is 2.06. The second-order valence-electron chi connectivity index (χ2n) is 6.36. The van der Waals surface area contributed by atoms with Gasteiger partial charge in [0.1, 0.15) is 0 Å². The minimum Gasteiger partial charge on any atom is -0.348 e. The van der Waals surface area contributed by atoms with E-state index in [0.29, 0.717) is 12.1 Å². The molecule has 0 aliphatic rings. The van der Waals surface area contributed by atoms with Crippen LogP contribution in [-0.2, 0) is 6.54 Å². The van der Waals surface area contributed by atoms with Crippen LogP contribution in [0.3, 0.4) is 0 Å². The summed E-state index contributed by atoms with van der Waals surface area (Å²) < 4.78 is 0. The van der Waals surface area contributed by atoms with Crippen molar-refractivity contribution in [3.8, 4) is 0 Å². The summed E-state index contributed by atoms with van der Waals surface area (Å²) in [5.41, 5.74) is 2.95. The number of pyridine rings is 1. The zero-order chi connectivity index (χ0) is 16.0. The smallest absolute Gasteiger partial charge is 0.251 e. The standard InChI is InChI=1S/C19H22N2O/c1-19(2,3)11-8-15-4-6-17(7-5-15)18(22)21-14-16-9-12-20-13-10-16/h4-13H,14H2,1-3H3,(H,21,22)/b11-8+. The molecular formula is C19H22N2O. The Morgan fingerprint density at radius 3 is 2.32 bits per heavy atom. The van der Waals surface area contributed by atoms with E-state index in [2.05, 4.69) is 43.2 Å². The maximum atomic E-state index is 12.1. The molecule has 0 fully saturated rings. The number of nitrogens with one attached hydrogen (secondary N) is 1. The lowest BCUT2D eigenvalue weighted by Gasteiger charge is -2.11. The normalized spacial score (nSPS) is 11.6. The maximum Gasteiger partial charge on any atom is 0.251 e. The van der Waals surface area contributed by atoms with Crippen molar-refractivity contribution in [2.75, 3.05) is 0 Å². The number of hydrogen-bond donors (Lipinski definition) is 1. The van der Waals surface area contributed by atoms with Gasteiger partial charge in [0.25, 0.3) is 5.91 Å². The minimum absolute atomic E-state index is 0.0665. The molecule has 0 aliphatic carbocycles. The van der Waals surface area contributed by atoms with E-state index < -0.39 is 0 Å². The van der Waals surface area contributed by atoms with E-state index in [1.807, 2.05) is 36.4 Å². The van der Waals surface area contributed by atoms with Crippen LogP contribution in [0, 0.1) is 5.41 Å². The van der Waals surface area contributed by atoms with Crippen molar-refractivity contribution in [1.82, 2.24) is 10.3 Å². The second-order valence-corrected chi connectivity index (χ2v) is 6.36. The summed E-state index contributed by atoms with van der Waals surface area (Å²) >= 11 is 0. The molecule has 0 saturated carbocycles. The van der Waals surface area contributed by atoms with Crippen LogP contribution >= 0.6 is 0 Å². The fraction of sp³-hybridized carbons (Fsp3) is 0.263. The third kappa shape index (κ3) is 5.17. The zero-order valence-electron chi connectivity index (χ0n) is 13.3. The minimum atomic E-state index is -0.0665. The van der Waals surface area contributed by atoms with Crippen LogP contribution in [0.2, 0.25) is 0 Å². The van der Waals surface area contributed by atoms with Gasteiger partial charge in [-0.15, -0.1) is 0 Å². The monoisotopic (exact) mass is 294 g/mol. The van der Waals surface area contributed by atoms with E-state index in [4.69, 9.17) is 0 Å². The lowest BCUT2D eigenvalue weighted by atomic mass is 9.95. The summed E-state index contributed by atoms with van der Waals surface area (Å²) in [5, 5.41) is 2.91. The molecule has 1 heterocycles. The van der Waals surface area contributed by atoms with Crippen molar-refractivity contribution in [2.45, 2.75) is 27.3 Å². The number of carbonyl (C=O) groups excluding carboxylic acids is 1. The van der Waals surface area contributed by atoms with E-state index in [-0.39, 0.29) is 11.3 Å². The molecule has 3 nitrogen and oxygen atoms in total. The fourth-order valence-electron chi connectivity index (χ4n) is 1.88. The van der Waals surface area contributed by atoms with Crippen molar-refractivity contribution >= 4 is 12.0 Å². The average molecular weight is 294 g/mol. The molecule has 0 bridgehead atoms. The quantitative estimate of drug-likeness (QED) is 0.923. The topological polar surface area (TPSA) is 42.0 Å². The number of hydrogen-bond acceptors (Lipinski definition) is 2. The Bertz CT molecular complexity index is 637. The largest absolute Gasteiger partial charge is 0.348 e. The molecule has 0 atom stereocenters. The molecule has 0 aliphatic heterocycles. The first kappa shape index (κ1) is 16.0. The van der Waals surface area contributed by atoms with Gasteiger partial charge < -0.3 is 5.32 Å². The summed E-state index contributed by atoms with van der Waals surface area (Å²) in [6.45, 7) is 6.98. The van der Waals surface area contributed by atoms with Gasteiger partial charge in [-0.1, -0.05) is 45.1 Å². The molecule has 0 unspecified atom stereocenters. The van der Waals surface area contributed by atoms with Gasteiger partial charge in [-0.2, -0.15) is 0 Å². The van der Waals surface area contributed by atoms with Gasteiger partial charge in [-0.25, -0.2) is 0 Å². The molecule has 22 heavy (non-hydrogen) atoms. The molecule has 1 aromatic carbocycles. The van der Waals surface area contributed by atoms with E-state index >= 15 is 0 Å². The van der Waals surface area contributed by atoms with Gasteiger partial charge in [0.15, 0.2) is 0 Å². The predicted molar refractivity (Wildman–Crippen MR) is 90.3 cm³/mol. The Morgan fingerprint density at radius 1 is 1.09 bits per heavy atom. The molecule has 2 aromatic rings. The first-order valence-corrected chi connectivity index (χ1v) is 7.40. The van der Waals surface area contributed by atoms with Crippen molar-refractivity contribution in [3.63, 3.8) is 0 Å². The van der Waals surface area contributed by atoms with Crippen molar-refractivity contribution in [3.05, 3.63) is 71.6 Å². The predicted octanol–water partition coefficient (Wildman–Crippen LogP) is 4.07. The lowest BCUT2D eigenvalue weighted by molar-refractivity contribution is 0.0951. The van der Waals surface area contributed by atoms with E-state index in [9.17, 15) is 4.79 Å². The van der Waals surface area contributed by atoms with Crippen LogP contribution in [0.1, 0.15) is 42.3 Å². The number of allylic oxidation sites excluding steroid dienone is 1. The van der Waals surface area contributed by atoms with Crippen LogP contribution in [0.15, 0.2) is 54.9 Å². The maximum absolute atomic E-state index is 12.1. The fourth-order valence-corrected chi connectivity index (χ4v) is 1.88. The Hall–Kier alpha value is -2.42. The number of amides is 1. The number of aromatic nitrogens is 1. The molecule has 1 aromatic heterocycles. The molecule has 0 radical (unpaired) electrons. The number of carbonyl (C=O) groups is 1. The van der Waals surface area contributed by atoms with Gasteiger partial charge in [0.2, 0.25) is 0 Å². The third-order valence-corrected chi connectivity index (χ3v) is 3.15. The highest BCUT2D eigenvalue weighted by atomic mass is 16.1. The molecule has 114 valence electrons. The van der Waals surface area contributed by atoms with Crippen molar-refractivity contribution in [2.24, 2.45) is 5.41 Å². The number of benzene rings is 1. The Morgan fingerprint density at radius 2 is 1.73 bits per heavy atom. The summed E-state index contributed by atoms with van der Waals surface area (Å²) in [7, 11) is 0. The molecular weight excluding hydrogens is 272 g/mol. The van der Waals surface area contributed by atoms with Crippen LogP contribution < -0.4 is 5.32 Å². The number of rotatable bonds is 4. The van der Waals surface area contributed by atoms with Gasteiger partial charge >= 0.3 is 0 Å². The van der Waals surface area contributed by atoms with E-state index in [1.165, 1.54) is 0 Å². The van der Waals surface area contributed by atoms with E-state index in [0.717, 1.165) is 11.1 Å². The molecule has 1 N–H and O–H groups in total. The van der Waals surface area contributed by atoms with Crippen LogP contribution in [0.4, 0.5) is 0 Å².